The normalized spacial score (nSPS) is 14.8. The fourth-order valence-electron chi connectivity index (χ4n) is 2.57. The summed E-state index contributed by atoms with van der Waals surface area (Å²) in [6, 6.07) is -2.67. The van der Waals surface area contributed by atoms with Crippen LogP contribution in [0.15, 0.2) is 0 Å². The Kier molecular flexibility index (Phi) is 14.9. The van der Waals surface area contributed by atoms with E-state index in [-0.39, 0.29) is 18.9 Å². The monoisotopic (exact) mass is 447 g/mol. The lowest BCUT2D eigenvalue weighted by molar-refractivity contribution is -0.142. The molecule has 0 aliphatic heterocycles. The van der Waals surface area contributed by atoms with E-state index in [0.717, 1.165) is 6.42 Å². The predicted molar refractivity (Wildman–Crippen MR) is 118 cm³/mol. The standard InChI is InChI=1S/C19H37N5O5S/c1-4-12(2)16(21)18(27)22-11-15(25)23-13(7-5-6-9-20)17(26)24-14(19(28)29)8-10-30-3/h12-14,16H,4-11,20-21H2,1-3H3,(H,22,27)(H,23,25)(H,24,26)(H,28,29). The van der Waals surface area contributed by atoms with Gasteiger partial charge >= 0.3 is 5.97 Å². The van der Waals surface area contributed by atoms with Gasteiger partial charge in [0.15, 0.2) is 0 Å². The van der Waals surface area contributed by atoms with Crippen molar-refractivity contribution >= 4 is 35.5 Å². The van der Waals surface area contributed by atoms with Gasteiger partial charge in [-0.25, -0.2) is 4.79 Å². The van der Waals surface area contributed by atoms with Gasteiger partial charge in [-0.05, 0) is 50.2 Å². The molecule has 0 spiro atoms. The van der Waals surface area contributed by atoms with Gasteiger partial charge in [0.2, 0.25) is 17.7 Å². The molecule has 174 valence electrons. The van der Waals surface area contributed by atoms with E-state index in [2.05, 4.69) is 16.0 Å². The van der Waals surface area contributed by atoms with Crippen LogP contribution < -0.4 is 27.4 Å². The molecular formula is C19H37N5O5S. The van der Waals surface area contributed by atoms with E-state index in [1.54, 1.807) is 0 Å². The summed E-state index contributed by atoms with van der Waals surface area (Å²) in [7, 11) is 0. The smallest absolute Gasteiger partial charge is 0.326 e. The minimum atomic E-state index is -1.13. The summed E-state index contributed by atoms with van der Waals surface area (Å²) in [5.41, 5.74) is 11.3. The van der Waals surface area contributed by atoms with Gasteiger partial charge in [-0.1, -0.05) is 20.3 Å². The maximum atomic E-state index is 12.6. The number of nitrogens with one attached hydrogen (secondary N) is 3. The second kappa shape index (κ2) is 15.9. The molecule has 0 heterocycles. The van der Waals surface area contributed by atoms with E-state index in [4.69, 9.17) is 11.5 Å². The van der Waals surface area contributed by atoms with E-state index in [1.165, 1.54) is 11.8 Å². The first kappa shape index (κ1) is 28.1. The zero-order valence-electron chi connectivity index (χ0n) is 18.1. The number of nitrogens with two attached hydrogens (primary N) is 2. The van der Waals surface area contributed by atoms with Gasteiger partial charge in [-0.2, -0.15) is 11.8 Å². The lowest BCUT2D eigenvalue weighted by atomic mass is 9.99. The highest BCUT2D eigenvalue weighted by Crippen LogP contribution is 2.06. The molecule has 30 heavy (non-hydrogen) atoms. The minimum absolute atomic E-state index is 0.0305. The molecule has 3 amide bonds. The number of rotatable bonds is 16. The Labute approximate surface area is 182 Å². The first-order valence-corrected chi connectivity index (χ1v) is 11.6. The predicted octanol–water partition coefficient (Wildman–Crippen LogP) is -0.588. The highest BCUT2D eigenvalue weighted by molar-refractivity contribution is 7.98. The maximum absolute atomic E-state index is 12.6. The number of hydrogen-bond donors (Lipinski definition) is 6. The number of hydrogen-bond acceptors (Lipinski definition) is 7. The summed E-state index contributed by atoms with van der Waals surface area (Å²) in [5, 5.41) is 16.8. The lowest BCUT2D eigenvalue weighted by Crippen LogP contribution is -2.54. The van der Waals surface area contributed by atoms with Gasteiger partial charge in [0.25, 0.3) is 0 Å². The van der Waals surface area contributed by atoms with Crippen LogP contribution in [0.4, 0.5) is 0 Å². The summed E-state index contributed by atoms with van der Waals surface area (Å²) < 4.78 is 0. The second-order valence-electron chi connectivity index (χ2n) is 7.21. The highest BCUT2D eigenvalue weighted by atomic mass is 32.2. The fraction of sp³-hybridized carbons (Fsp3) is 0.789. The maximum Gasteiger partial charge on any atom is 0.326 e. The molecule has 4 atom stereocenters. The van der Waals surface area contributed by atoms with E-state index in [0.29, 0.717) is 31.6 Å². The Hall–Kier alpha value is -1.85. The summed E-state index contributed by atoms with van der Waals surface area (Å²) in [5.74, 6) is -2.15. The topological polar surface area (TPSA) is 177 Å². The van der Waals surface area contributed by atoms with Gasteiger partial charge in [-0.15, -0.1) is 0 Å². The number of carbonyl (C=O) groups is 4. The van der Waals surface area contributed by atoms with Crippen molar-refractivity contribution in [3.8, 4) is 0 Å². The lowest BCUT2D eigenvalue weighted by Gasteiger charge is -2.22. The van der Waals surface area contributed by atoms with E-state index in [1.807, 2.05) is 20.1 Å². The largest absolute Gasteiger partial charge is 0.480 e. The molecule has 0 saturated carbocycles. The van der Waals surface area contributed by atoms with Gasteiger partial charge < -0.3 is 32.5 Å². The molecule has 0 aliphatic rings. The van der Waals surface area contributed by atoms with Crippen molar-refractivity contribution in [3.63, 3.8) is 0 Å². The van der Waals surface area contributed by atoms with Crippen molar-refractivity contribution < 1.29 is 24.3 Å². The van der Waals surface area contributed by atoms with Crippen LogP contribution in [0.2, 0.25) is 0 Å². The van der Waals surface area contributed by atoms with Crippen LogP contribution in [0.25, 0.3) is 0 Å². The van der Waals surface area contributed by atoms with Crippen LogP contribution in [0.5, 0.6) is 0 Å². The van der Waals surface area contributed by atoms with Crippen molar-refractivity contribution in [2.24, 2.45) is 17.4 Å². The second-order valence-corrected chi connectivity index (χ2v) is 8.20. The average molecular weight is 448 g/mol. The Morgan fingerprint density at radius 3 is 2.23 bits per heavy atom. The minimum Gasteiger partial charge on any atom is -0.480 e. The van der Waals surface area contributed by atoms with Crippen LogP contribution in [0, 0.1) is 5.92 Å². The van der Waals surface area contributed by atoms with E-state index >= 15 is 0 Å². The van der Waals surface area contributed by atoms with Gasteiger partial charge in [0.1, 0.15) is 12.1 Å². The summed E-state index contributed by atoms with van der Waals surface area (Å²) >= 11 is 1.48. The van der Waals surface area contributed by atoms with Crippen LogP contribution in [0.3, 0.4) is 0 Å². The molecule has 0 aromatic heterocycles. The molecule has 4 unspecified atom stereocenters. The van der Waals surface area contributed by atoms with Gasteiger partial charge in [0.05, 0.1) is 12.6 Å². The van der Waals surface area contributed by atoms with Crippen molar-refractivity contribution in [1.29, 1.82) is 0 Å². The Morgan fingerprint density at radius 2 is 1.70 bits per heavy atom. The quantitative estimate of drug-likeness (QED) is 0.170. The molecule has 0 aliphatic carbocycles. The number of aliphatic carboxylic acids is 1. The SMILES string of the molecule is CCC(C)C(N)C(=O)NCC(=O)NC(CCCCN)C(=O)NC(CCSC)C(=O)O. The van der Waals surface area contributed by atoms with Crippen molar-refractivity contribution in [2.45, 2.75) is 64.1 Å². The van der Waals surface area contributed by atoms with Crippen LogP contribution in [-0.2, 0) is 19.2 Å². The Morgan fingerprint density at radius 1 is 1.03 bits per heavy atom. The van der Waals surface area contributed by atoms with Crippen LogP contribution >= 0.6 is 11.8 Å². The molecular weight excluding hydrogens is 410 g/mol. The molecule has 0 fully saturated rings. The molecule has 0 rings (SSSR count). The number of thioether (sulfide) groups is 1. The number of carboxylic acids is 1. The Bertz CT molecular complexity index is 563. The molecule has 0 aromatic carbocycles. The molecule has 0 bridgehead atoms. The number of unbranched alkanes of at least 4 members (excludes halogenated alkanes) is 1. The third kappa shape index (κ3) is 11.4. The van der Waals surface area contributed by atoms with Crippen molar-refractivity contribution in [1.82, 2.24) is 16.0 Å². The van der Waals surface area contributed by atoms with Gasteiger partial charge in [-0.3, -0.25) is 14.4 Å². The van der Waals surface area contributed by atoms with E-state index in [9.17, 15) is 24.3 Å². The Balaban J connectivity index is 4.89. The molecule has 8 N–H and O–H groups in total. The van der Waals surface area contributed by atoms with Gasteiger partial charge in [0, 0.05) is 0 Å². The zero-order valence-corrected chi connectivity index (χ0v) is 18.9. The van der Waals surface area contributed by atoms with E-state index < -0.39 is 41.8 Å². The summed E-state index contributed by atoms with van der Waals surface area (Å²) in [6.07, 6.45) is 4.40. The fourth-order valence-corrected chi connectivity index (χ4v) is 3.04. The number of carboxylic acid groups (broad SMARTS) is 1. The molecule has 0 aromatic rings. The summed E-state index contributed by atoms with van der Waals surface area (Å²) in [4.78, 5) is 48.3. The number of amides is 3. The summed E-state index contributed by atoms with van der Waals surface area (Å²) in [6.45, 7) is 3.88. The van der Waals surface area contributed by atoms with Crippen LogP contribution in [-0.4, -0.2) is 72.0 Å². The third-order valence-corrected chi connectivity index (χ3v) is 5.45. The highest BCUT2D eigenvalue weighted by Gasteiger charge is 2.26. The molecule has 0 radical (unpaired) electrons. The zero-order chi connectivity index (χ0) is 23.1. The third-order valence-electron chi connectivity index (χ3n) is 4.81. The van der Waals surface area contributed by atoms with Crippen molar-refractivity contribution in [3.05, 3.63) is 0 Å². The van der Waals surface area contributed by atoms with Crippen LogP contribution in [0.1, 0.15) is 46.0 Å². The average Bonchev–Trinajstić information content (AvgIpc) is 2.72. The van der Waals surface area contributed by atoms with Crippen molar-refractivity contribution in [2.75, 3.05) is 25.1 Å². The first-order chi connectivity index (χ1) is 14.2. The molecule has 10 nitrogen and oxygen atoms in total. The molecule has 0 saturated heterocycles. The molecule has 11 heteroatoms. The number of carbonyl (C=O) groups excluding carboxylic acids is 3. The first-order valence-electron chi connectivity index (χ1n) is 10.2.